The summed E-state index contributed by atoms with van der Waals surface area (Å²) >= 11 is 0. The van der Waals surface area contributed by atoms with Gasteiger partial charge in [0, 0.05) is 37.1 Å². The van der Waals surface area contributed by atoms with Crippen LogP contribution in [0.1, 0.15) is 6.92 Å². The molecule has 0 saturated heterocycles. The molecule has 0 aliphatic heterocycles. The summed E-state index contributed by atoms with van der Waals surface area (Å²) in [7, 11) is 1.80. The van der Waals surface area contributed by atoms with Crippen molar-refractivity contribution in [3.63, 3.8) is 0 Å². The molecule has 0 unspecified atom stereocenters. The van der Waals surface area contributed by atoms with E-state index >= 15 is 0 Å². The highest BCUT2D eigenvalue weighted by molar-refractivity contribution is 6.00. The monoisotopic (exact) mass is 375 g/mol. The second-order valence-electron chi connectivity index (χ2n) is 6.48. The number of amides is 1. The number of ether oxygens (including phenoxy) is 1. The Morgan fingerprint density at radius 3 is 2.71 bits per heavy atom. The number of aromatic nitrogens is 4. The van der Waals surface area contributed by atoms with Crippen molar-refractivity contribution < 1.29 is 9.53 Å². The molecule has 0 saturated carbocycles. The normalized spacial score (nSPS) is 10.9. The van der Waals surface area contributed by atoms with Gasteiger partial charge in [-0.05, 0) is 23.8 Å². The van der Waals surface area contributed by atoms with Gasteiger partial charge in [-0.3, -0.25) is 14.2 Å². The average Bonchev–Trinajstić information content (AvgIpc) is 3.34. The first kappa shape index (κ1) is 17.8. The van der Waals surface area contributed by atoms with E-state index in [9.17, 15) is 4.79 Å². The summed E-state index contributed by atoms with van der Waals surface area (Å²) in [6.07, 6.45) is 7.15. The lowest BCUT2D eigenvalue weighted by atomic mass is 9.99. The summed E-state index contributed by atoms with van der Waals surface area (Å²) in [4.78, 5) is 12.3. The fourth-order valence-corrected chi connectivity index (χ4v) is 3.16. The average molecular weight is 375 g/mol. The van der Waals surface area contributed by atoms with E-state index in [1.807, 2.05) is 48.3 Å². The first-order valence-corrected chi connectivity index (χ1v) is 9.10. The molecule has 7 nitrogen and oxygen atoms in total. The number of nitrogens with zero attached hydrogens (tertiary/aromatic N) is 4. The van der Waals surface area contributed by atoms with Crippen molar-refractivity contribution in [1.29, 1.82) is 0 Å². The number of hydrogen-bond donors (Lipinski definition) is 1. The van der Waals surface area contributed by atoms with Crippen LogP contribution in [0.25, 0.3) is 21.9 Å². The smallest absolute Gasteiger partial charge is 0.262 e. The maximum absolute atomic E-state index is 12.3. The topological polar surface area (TPSA) is 74.0 Å². The number of hydrogen-bond acceptors (Lipinski definition) is 4. The van der Waals surface area contributed by atoms with Crippen LogP contribution < -0.4 is 10.1 Å². The number of anilines is 1. The molecule has 4 aromatic rings. The van der Waals surface area contributed by atoms with Gasteiger partial charge < -0.3 is 10.1 Å². The van der Waals surface area contributed by atoms with Crippen molar-refractivity contribution in [2.75, 3.05) is 11.9 Å². The summed E-state index contributed by atoms with van der Waals surface area (Å²) in [6, 6.07) is 12.0. The third-order valence-corrected chi connectivity index (χ3v) is 4.48. The highest BCUT2D eigenvalue weighted by atomic mass is 16.5. The predicted octanol–water partition coefficient (Wildman–Crippen LogP) is 3.47. The summed E-state index contributed by atoms with van der Waals surface area (Å²) in [5.41, 5.74) is 2.53. The molecular weight excluding hydrogens is 354 g/mol. The van der Waals surface area contributed by atoms with Gasteiger partial charge in [-0.1, -0.05) is 30.3 Å². The Bertz CT molecular complexity index is 1130. The van der Waals surface area contributed by atoms with Crippen molar-refractivity contribution in [3.05, 3.63) is 61.2 Å². The molecule has 0 bridgehead atoms. The number of nitrogens with one attached hydrogen (secondary N) is 1. The molecule has 0 fully saturated rings. The Labute approximate surface area is 162 Å². The van der Waals surface area contributed by atoms with Gasteiger partial charge >= 0.3 is 0 Å². The van der Waals surface area contributed by atoms with Gasteiger partial charge in [0.15, 0.2) is 6.61 Å². The number of fused-ring (bicyclic) bond motifs is 1. The molecule has 2 aromatic carbocycles. The lowest BCUT2D eigenvalue weighted by molar-refractivity contribution is -0.118. The third kappa shape index (κ3) is 3.59. The van der Waals surface area contributed by atoms with E-state index in [0.29, 0.717) is 11.4 Å². The summed E-state index contributed by atoms with van der Waals surface area (Å²) in [5.74, 6) is 0.409. The molecule has 2 heterocycles. The van der Waals surface area contributed by atoms with Crippen molar-refractivity contribution in [2.45, 2.75) is 13.5 Å². The first-order valence-electron chi connectivity index (χ1n) is 9.10. The molecule has 142 valence electrons. The number of rotatable bonds is 6. The minimum absolute atomic E-state index is 0.0951. The standard InChI is InChI=1S/C21H21N5O2/c1-3-26-12-16(10-23-26)21-18-7-5-4-6-15(18)8-9-19(21)28-14-20(27)24-17-11-22-25(2)13-17/h4-13H,3,14H2,1-2H3,(H,24,27). The molecule has 0 aliphatic rings. The highest BCUT2D eigenvalue weighted by Crippen LogP contribution is 2.37. The molecule has 2 aromatic heterocycles. The fourth-order valence-electron chi connectivity index (χ4n) is 3.16. The third-order valence-electron chi connectivity index (χ3n) is 4.48. The molecule has 1 amide bonds. The second-order valence-corrected chi connectivity index (χ2v) is 6.48. The van der Waals surface area contributed by atoms with Crippen molar-refractivity contribution in [2.24, 2.45) is 7.05 Å². The second kappa shape index (κ2) is 7.56. The number of benzene rings is 2. The first-order chi connectivity index (χ1) is 13.6. The van der Waals surface area contributed by atoms with E-state index in [4.69, 9.17) is 4.74 Å². The van der Waals surface area contributed by atoms with Crippen LogP contribution in [0, 0.1) is 0 Å². The van der Waals surface area contributed by atoms with Gasteiger partial charge in [-0.15, -0.1) is 0 Å². The van der Waals surface area contributed by atoms with Crippen LogP contribution in [0.5, 0.6) is 5.75 Å². The lowest BCUT2D eigenvalue weighted by Crippen LogP contribution is -2.20. The predicted molar refractivity (Wildman–Crippen MR) is 108 cm³/mol. The van der Waals surface area contributed by atoms with Crippen LogP contribution in [0.4, 0.5) is 5.69 Å². The molecule has 0 radical (unpaired) electrons. The Morgan fingerprint density at radius 1 is 1.11 bits per heavy atom. The zero-order valence-electron chi connectivity index (χ0n) is 15.8. The van der Waals surface area contributed by atoms with Crippen molar-refractivity contribution in [1.82, 2.24) is 19.6 Å². The summed E-state index contributed by atoms with van der Waals surface area (Å²) < 4.78 is 9.41. The minimum atomic E-state index is -0.239. The van der Waals surface area contributed by atoms with Gasteiger partial charge in [-0.2, -0.15) is 10.2 Å². The quantitative estimate of drug-likeness (QED) is 0.560. The Morgan fingerprint density at radius 2 is 1.96 bits per heavy atom. The molecule has 1 N–H and O–H groups in total. The molecule has 4 rings (SSSR count). The van der Waals surface area contributed by atoms with Crippen LogP contribution in [0.2, 0.25) is 0 Å². The Kier molecular flexibility index (Phi) is 4.80. The fraction of sp³-hybridized carbons (Fsp3) is 0.190. The molecule has 0 aliphatic carbocycles. The van der Waals surface area contributed by atoms with Gasteiger partial charge in [-0.25, -0.2) is 0 Å². The largest absolute Gasteiger partial charge is 0.483 e. The summed E-state index contributed by atoms with van der Waals surface area (Å²) in [6.45, 7) is 2.73. The van der Waals surface area contributed by atoms with E-state index in [0.717, 1.165) is 28.4 Å². The lowest BCUT2D eigenvalue weighted by Gasteiger charge is -2.13. The van der Waals surface area contributed by atoms with E-state index in [-0.39, 0.29) is 12.5 Å². The van der Waals surface area contributed by atoms with Crippen LogP contribution in [-0.2, 0) is 18.4 Å². The minimum Gasteiger partial charge on any atom is -0.483 e. The van der Waals surface area contributed by atoms with Crippen LogP contribution in [0.15, 0.2) is 61.2 Å². The van der Waals surface area contributed by atoms with Crippen molar-refractivity contribution >= 4 is 22.4 Å². The zero-order valence-corrected chi connectivity index (χ0v) is 15.8. The molecule has 28 heavy (non-hydrogen) atoms. The van der Waals surface area contributed by atoms with Gasteiger partial charge in [0.2, 0.25) is 0 Å². The van der Waals surface area contributed by atoms with Crippen LogP contribution in [0.3, 0.4) is 0 Å². The van der Waals surface area contributed by atoms with E-state index < -0.39 is 0 Å². The molecular formula is C21H21N5O2. The highest BCUT2D eigenvalue weighted by Gasteiger charge is 2.14. The van der Waals surface area contributed by atoms with E-state index in [1.54, 1.807) is 24.1 Å². The van der Waals surface area contributed by atoms with E-state index in [1.165, 1.54) is 0 Å². The van der Waals surface area contributed by atoms with Crippen LogP contribution in [-0.4, -0.2) is 32.1 Å². The van der Waals surface area contributed by atoms with Gasteiger partial charge in [0.25, 0.3) is 5.91 Å². The number of carbonyl (C=O) groups is 1. The Balaban J connectivity index is 1.62. The van der Waals surface area contributed by atoms with Crippen LogP contribution >= 0.6 is 0 Å². The van der Waals surface area contributed by atoms with E-state index in [2.05, 4.69) is 27.6 Å². The number of carbonyl (C=O) groups excluding carboxylic acids is 1. The maximum atomic E-state index is 12.3. The maximum Gasteiger partial charge on any atom is 0.262 e. The van der Waals surface area contributed by atoms with Gasteiger partial charge in [0.05, 0.1) is 18.1 Å². The summed E-state index contributed by atoms with van der Waals surface area (Å²) in [5, 5.41) is 13.4. The zero-order chi connectivity index (χ0) is 19.5. The molecule has 0 spiro atoms. The molecule has 7 heteroatoms. The number of aryl methyl sites for hydroxylation is 2. The van der Waals surface area contributed by atoms with Crippen molar-refractivity contribution in [3.8, 4) is 16.9 Å². The Hall–Kier alpha value is -3.61. The molecule has 0 atom stereocenters. The van der Waals surface area contributed by atoms with Gasteiger partial charge in [0.1, 0.15) is 5.75 Å². The SMILES string of the molecule is CCn1cc(-c2c(OCC(=O)Nc3cnn(C)c3)ccc3ccccc23)cn1.